The van der Waals surface area contributed by atoms with Gasteiger partial charge in [0.15, 0.2) is 6.61 Å². The van der Waals surface area contributed by atoms with E-state index in [4.69, 9.17) is 9.47 Å². The topological polar surface area (TPSA) is 67.9 Å². The Morgan fingerprint density at radius 1 is 1.26 bits per heavy atom. The van der Waals surface area contributed by atoms with Crippen LogP contribution in [0, 0.1) is 11.3 Å². The standard InChI is InChI=1S/C17H20N2O4/c20-15(19-5-7-22-8-6-19)11-23-14-4-2-1-3-13(14)18-16(21)17-9-12(17)10-17/h1-4,12H,5-11H2,(H,18,21). The van der Waals surface area contributed by atoms with E-state index in [1.807, 2.05) is 18.2 Å². The SMILES string of the molecule is O=C(COc1ccccc1NC(=O)C12CC1C2)N1CCOCC1. The lowest BCUT2D eigenvalue weighted by molar-refractivity contribution is -0.137. The third-order valence-electron chi connectivity index (χ3n) is 4.98. The number of carbonyl (C=O) groups excluding carboxylic acids is 2. The van der Waals surface area contributed by atoms with Gasteiger partial charge in [-0.15, -0.1) is 0 Å². The molecule has 23 heavy (non-hydrogen) atoms. The van der Waals surface area contributed by atoms with Gasteiger partial charge in [0, 0.05) is 13.1 Å². The van der Waals surface area contributed by atoms with Gasteiger partial charge < -0.3 is 19.7 Å². The summed E-state index contributed by atoms with van der Waals surface area (Å²) >= 11 is 0. The third-order valence-corrected chi connectivity index (χ3v) is 4.98. The fourth-order valence-electron chi connectivity index (χ4n) is 3.06. The van der Waals surface area contributed by atoms with Gasteiger partial charge in [-0.2, -0.15) is 0 Å². The average molecular weight is 316 g/mol. The minimum absolute atomic E-state index is 0.0271. The van der Waals surface area contributed by atoms with Crippen molar-refractivity contribution in [1.82, 2.24) is 4.90 Å². The molecule has 1 heterocycles. The number of ether oxygens (including phenoxy) is 2. The summed E-state index contributed by atoms with van der Waals surface area (Å²) in [5, 5.41) is 2.95. The number of hydrogen-bond acceptors (Lipinski definition) is 4. The molecule has 0 bridgehead atoms. The van der Waals surface area contributed by atoms with Crippen molar-refractivity contribution in [2.45, 2.75) is 12.8 Å². The van der Waals surface area contributed by atoms with E-state index in [9.17, 15) is 9.59 Å². The van der Waals surface area contributed by atoms with Crippen LogP contribution in [0.1, 0.15) is 12.8 Å². The molecule has 6 nitrogen and oxygen atoms in total. The van der Waals surface area contributed by atoms with Gasteiger partial charge in [-0.25, -0.2) is 0 Å². The minimum Gasteiger partial charge on any atom is -0.482 e. The number of fused-ring (bicyclic) bond motifs is 1. The highest BCUT2D eigenvalue weighted by Gasteiger charge is 2.74. The maximum absolute atomic E-state index is 12.2. The maximum atomic E-state index is 12.2. The molecule has 0 radical (unpaired) electrons. The molecule has 1 aromatic carbocycles. The summed E-state index contributed by atoms with van der Waals surface area (Å²) in [6.45, 7) is 2.32. The number of amides is 2. The van der Waals surface area contributed by atoms with Crippen molar-refractivity contribution in [3.63, 3.8) is 0 Å². The Kier molecular flexibility index (Phi) is 3.49. The predicted octanol–water partition coefficient (Wildman–Crippen LogP) is 1.27. The minimum atomic E-state index is -0.0866. The summed E-state index contributed by atoms with van der Waals surface area (Å²) in [5.74, 6) is 1.16. The van der Waals surface area contributed by atoms with E-state index < -0.39 is 0 Å². The van der Waals surface area contributed by atoms with Gasteiger partial charge in [-0.1, -0.05) is 12.1 Å². The molecule has 1 aromatic rings. The normalized spacial score (nSPS) is 27.8. The molecule has 0 aromatic heterocycles. The first kappa shape index (κ1) is 14.5. The molecular weight excluding hydrogens is 296 g/mol. The molecule has 0 spiro atoms. The monoisotopic (exact) mass is 316 g/mol. The number of nitrogens with zero attached hydrogens (tertiary/aromatic N) is 1. The van der Waals surface area contributed by atoms with Crippen LogP contribution in [0.15, 0.2) is 24.3 Å². The van der Waals surface area contributed by atoms with E-state index in [0.29, 0.717) is 43.7 Å². The molecule has 3 aliphatic rings. The Morgan fingerprint density at radius 2 is 1.96 bits per heavy atom. The molecule has 2 amide bonds. The molecule has 2 saturated carbocycles. The predicted molar refractivity (Wildman–Crippen MR) is 83.1 cm³/mol. The van der Waals surface area contributed by atoms with Crippen LogP contribution < -0.4 is 10.1 Å². The second-order valence-corrected chi connectivity index (χ2v) is 6.49. The summed E-state index contributed by atoms with van der Waals surface area (Å²) in [6, 6.07) is 7.26. The largest absolute Gasteiger partial charge is 0.482 e. The lowest BCUT2D eigenvalue weighted by Gasteiger charge is -2.26. The Morgan fingerprint density at radius 3 is 2.65 bits per heavy atom. The molecule has 1 aliphatic heterocycles. The lowest BCUT2D eigenvalue weighted by atomic mass is 10.2. The fourth-order valence-corrected chi connectivity index (χ4v) is 3.06. The zero-order valence-electron chi connectivity index (χ0n) is 12.9. The van der Waals surface area contributed by atoms with Crippen LogP contribution in [0.4, 0.5) is 5.69 Å². The lowest BCUT2D eigenvalue weighted by Crippen LogP contribution is -2.43. The first-order valence-electron chi connectivity index (χ1n) is 8.08. The van der Waals surface area contributed by atoms with Crippen LogP contribution in [-0.4, -0.2) is 49.6 Å². The van der Waals surface area contributed by atoms with E-state index in [-0.39, 0.29) is 23.8 Å². The maximum Gasteiger partial charge on any atom is 0.260 e. The quantitative estimate of drug-likeness (QED) is 0.888. The van der Waals surface area contributed by atoms with Crippen molar-refractivity contribution >= 4 is 17.5 Å². The van der Waals surface area contributed by atoms with Crippen LogP contribution in [0.3, 0.4) is 0 Å². The molecule has 6 heteroatoms. The highest BCUT2D eigenvalue weighted by molar-refractivity contribution is 6.01. The highest BCUT2D eigenvalue weighted by atomic mass is 16.5. The van der Waals surface area contributed by atoms with Crippen LogP contribution >= 0.6 is 0 Å². The molecule has 3 fully saturated rings. The summed E-state index contributed by atoms with van der Waals surface area (Å²) < 4.78 is 10.9. The fraction of sp³-hybridized carbons (Fsp3) is 0.529. The third kappa shape index (κ3) is 2.79. The van der Waals surface area contributed by atoms with Crippen molar-refractivity contribution in [1.29, 1.82) is 0 Å². The van der Waals surface area contributed by atoms with Gasteiger partial charge in [0.05, 0.1) is 24.3 Å². The molecule has 1 saturated heterocycles. The second-order valence-electron chi connectivity index (χ2n) is 6.49. The number of para-hydroxylation sites is 2. The van der Waals surface area contributed by atoms with E-state index in [1.165, 1.54) is 0 Å². The van der Waals surface area contributed by atoms with Crippen molar-refractivity contribution in [2.24, 2.45) is 11.3 Å². The highest BCUT2D eigenvalue weighted by Crippen LogP contribution is 2.75. The van der Waals surface area contributed by atoms with E-state index in [0.717, 1.165) is 12.8 Å². The van der Waals surface area contributed by atoms with Crippen molar-refractivity contribution in [2.75, 3.05) is 38.2 Å². The summed E-state index contributed by atoms with van der Waals surface area (Å²) in [4.78, 5) is 26.1. The summed E-state index contributed by atoms with van der Waals surface area (Å²) in [7, 11) is 0. The first-order chi connectivity index (χ1) is 11.2. The second kappa shape index (κ2) is 5.53. The number of anilines is 1. The van der Waals surface area contributed by atoms with E-state index >= 15 is 0 Å². The van der Waals surface area contributed by atoms with Crippen LogP contribution in [-0.2, 0) is 14.3 Å². The summed E-state index contributed by atoms with van der Waals surface area (Å²) in [5.41, 5.74) is 0.552. The van der Waals surface area contributed by atoms with Gasteiger partial charge in [-0.3, -0.25) is 9.59 Å². The average Bonchev–Trinajstić information content (AvgIpc) is 3.44. The van der Waals surface area contributed by atoms with Gasteiger partial charge in [-0.05, 0) is 30.9 Å². The number of morpholine rings is 1. The Bertz CT molecular complexity index is 633. The molecule has 2 aliphatic carbocycles. The van der Waals surface area contributed by atoms with Gasteiger partial charge in [0.2, 0.25) is 5.91 Å². The Balaban J connectivity index is 1.36. The smallest absolute Gasteiger partial charge is 0.260 e. The van der Waals surface area contributed by atoms with Crippen molar-refractivity contribution in [3.05, 3.63) is 24.3 Å². The van der Waals surface area contributed by atoms with Crippen LogP contribution in [0.5, 0.6) is 5.75 Å². The van der Waals surface area contributed by atoms with Gasteiger partial charge >= 0.3 is 0 Å². The number of nitrogens with one attached hydrogen (secondary N) is 1. The first-order valence-corrected chi connectivity index (χ1v) is 8.08. The molecular formula is C17H20N2O4. The van der Waals surface area contributed by atoms with Gasteiger partial charge in [0.1, 0.15) is 5.75 Å². The van der Waals surface area contributed by atoms with E-state index in [1.54, 1.807) is 11.0 Å². The number of benzene rings is 1. The molecule has 1 N–H and O–H groups in total. The van der Waals surface area contributed by atoms with Gasteiger partial charge in [0.25, 0.3) is 5.91 Å². The molecule has 0 unspecified atom stereocenters. The molecule has 0 atom stereocenters. The summed E-state index contributed by atoms with van der Waals surface area (Å²) in [6.07, 6.45) is 2.02. The van der Waals surface area contributed by atoms with Crippen LogP contribution in [0.2, 0.25) is 0 Å². The number of carbonyl (C=O) groups is 2. The number of rotatable bonds is 5. The van der Waals surface area contributed by atoms with Crippen LogP contribution in [0.25, 0.3) is 0 Å². The number of hydrogen-bond donors (Lipinski definition) is 1. The zero-order valence-corrected chi connectivity index (χ0v) is 12.9. The van der Waals surface area contributed by atoms with Crippen molar-refractivity contribution < 1.29 is 19.1 Å². The molecule has 4 rings (SSSR count). The molecule has 122 valence electrons. The Labute approximate surface area is 134 Å². The van der Waals surface area contributed by atoms with E-state index in [2.05, 4.69) is 5.32 Å². The van der Waals surface area contributed by atoms with Crippen molar-refractivity contribution in [3.8, 4) is 5.75 Å². The zero-order chi connectivity index (χ0) is 15.9. The Hall–Kier alpha value is -2.08.